The highest BCUT2D eigenvalue weighted by molar-refractivity contribution is 6.35. The fourth-order valence-corrected chi connectivity index (χ4v) is 2.44. The van der Waals surface area contributed by atoms with Crippen molar-refractivity contribution in [3.63, 3.8) is 0 Å². The molecule has 1 nitrogen and oxygen atoms in total. The molecule has 2 aromatic carbocycles. The molecule has 4 heteroatoms. The number of aromatic hydroxyl groups is 1. The van der Waals surface area contributed by atoms with E-state index < -0.39 is 0 Å². The molecule has 0 radical (unpaired) electrons. The first-order valence-electron chi connectivity index (χ1n) is 5.59. The van der Waals surface area contributed by atoms with Crippen molar-refractivity contribution >= 4 is 23.2 Å². The number of allylic oxidation sites excluding steroid dienone is 1. The van der Waals surface area contributed by atoms with Crippen LogP contribution >= 0.6 is 23.2 Å². The molecular formula is C15H11Cl2FO. The van der Waals surface area contributed by atoms with Crippen molar-refractivity contribution in [3.8, 4) is 5.75 Å². The monoisotopic (exact) mass is 296 g/mol. The number of phenolic OH excluding ortho intramolecular Hbond substituents is 1. The molecule has 0 aliphatic carbocycles. The molecule has 0 bridgehead atoms. The number of hydrogen-bond acceptors (Lipinski definition) is 1. The van der Waals surface area contributed by atoms with Gasteiger partial charge < -0.3 is 5.11 Å². The van der Waals surface area contributed by atoms with Crippen LogP contribution in [0.1, 0.15) is 17.0 Å². The quantitative estimate of drug-likeness (QED) is 0.776. The minimum atomic E-state index is -0.320. The van der Waals surface area contributed by atoms with Gasteiger partial charge >= 0.3 is 0 Å². The number of hydrogen-bond donors (Lipinski definition) is 1. The Labute approximate surface area is 120 Å². The predicted molar refractivity (Wildman–Crippen MR) is 76.6 cm³/mol. The van der Waals surface area contributed by atoms with E-state index >= 15 is 0 Å². The first-order valence-corrected chi connectivity index (χ1v) is 6.34. The highest BCUT2D eigenvalue weighted by Gasteiger charge is 2.17. The highest BCUT2D eigenvalue weighted by Crippen LogP contribution is 2.38. The van der Waals surface area contributed by atoms with Gasteiger partial charge in [0.25, 0.3) is 0 Å². The molecule has 0 unspecified atom stereocenters. The second-order valence-corrected chi connectivity index (χ2v) is 4.93. The van der Waals surface area contributed by atoms with Crippen molar-refractivity contribution in [1.29, 1.82) is 0 Å². The first-order chi connectivity index (χ1) is 9.02. The maximum Gasteiger partial charge on any atom is 0.138 e. The standard InChI is InChI=1S/C15H11Cl2FO/c1-2-12(9-3-5-11(18)6-4-9)13-7-10(16)8-14(17)15(13)19/h2-8,12,19H,1H2/t12-/m0/s1. The van der Waals surface area contributed by atoms with E-state index in [2.05, 4.69) is 6.58 Å². The molecule has 0 aliphatic rings. The fraction of sp³-hybridized carbons (Fsp3) is 0.0667. The lowest BCUT2D eigenvalue weighted by atomic mass is 9.91. The molecule has 0 spiro atoms. The molecule has 0 amide bonds. The van der Waals surface area contributed by atoms with Crippen LogP contribution in [0.15, 0.2) is 49.1 Å². The zero-order valence-corrected chi connectivity index (χ0v) is 11.4. The van der Waals surface area contributed by atoms with Crippen LogP contribution in [0, 0.1) is 5.82 Å². The molecule has 19 heavy (non-hydrogen) atoms. The van der Waals surface area contributed by atoms with Gasteiger partial charge in [-0.15, -0.1) is 6.58 Å². The Morgan fingerprint density at radius 1 is 1.16 bits per heavy atom. The summed E-state index contributed by atoms with van der Waals surface area (Å²) in [6, 6.07) is 9.07. The summed E-state index contributed by atoms with van der Waals surface area (Å²) in [6.45, 7) is 3.75. The summed E-state index contributed by atoms with van der Waals surface area (Å²) in [5.74, 6) is -0.669. The number of halogens is 3. The molecular weight excluding hydrogens is 286 g/mol. The number of phenols is 1. The normalized spacial score (nSPS) is 12.2. The van der Waals surface area contributed by atoms with Gasteiger partial charge in [0.05, 0.1) is 5.02 Å². The summed E-state index contributed by atoms with van der Waals surface area (Å²) in [7, 11) is 0. The van der Waals surface area contributed by atoms with E-state index in [1.165, 1.54) is 18.2 Å². The van der Waals surface area contributed by atoms with Gasteiger partial charge in [0.1, 0.15) is 11.6 Å². The molecule has 1 N–H and O–H groups in total. The van der Waals surface area contributed by atoms with Gasteiger partial charge in [-0.3, -0.25) is 0 Å². The van der Waals surface area contributed by atoms with Crippen molar-refractivity contribution in [2.24, 2.45) is 0 Å². The molecule has 0 saturated carbocycles. The third-order valence-electron chi connectivity index (χ3n) is 2.86. The van der Waals surface area contributed by atoms with Crippen LogP contribution in [0.3, 0.4) is 0 Å². The van der Waals surface area contributed by atoms with E-state index in [1.807, 2.05) is 0 Å². The van der Waals surface area contributed by atoms with Crippen LogP contribution in [0.4, 0.5) is 4.39 Å². The zero-order chi connectivity index (χ0) is 14.0. The lowest BCUT2D eigenvalue weighted by molar-refractivity contribution is 0.468. The Morgan fingerprint density at radius 2 is 1.79 bits per heavy atom. The summed E-state index contributed by atoms with van der Waals surface area (Å²) in [4.78, 5) is 0. The van der Waals surface area contributed by atoms with Crippen LogP contribution in [0.5, 0.6) is 5.75 Å². The van der Waals surface area contributed by atoms with Crippen LogP contribution in [-0.4, -0.2) is 5.11 Å². The van der Waals surface area contributed by atoms with Crippen LogP contribution in [0.25, 0.3) is 0 Å². The van der Waals surface area contributed by atoms with Crippen molar-refractivity contribution in [2.45, 2.75) is 5.92 Å². The van der Waals surface area contributed by atoms with Crippen molar-refractivity contribution in [1.82, 2.24) is 0 Å². The van der Waals surface area contributed by atoms with Crippen molar-refractivity contribution < 1.29 is 9.50 Å². The van der Waals surface area contributed by atoms with Gasteiger partial charge in [0, 0.05) is 16.5 Å². The Hall–Kier alpha value is -1.51. The lowest BCUT2D eigenvalue weighted by Crippen LogP contribution is -1.98. The van der Waals surface area contributed by atoms with E-state index in [-0.39, 0.29) is 22.5 Å². The largest absolute Gasteiger partial charge is 0.506 e. The minimum absolute atomic E-state index is 0.0414. The Morgan fingerprint density at radius 3 is 2.37 bits per heavy atom. The summed E-state index contributed by atoms with van der Waals surface area (Å²) in [5.41, 5.74) is 1.34. The lowest BCUT2D eigenvalue weighted by Gasteiger charge is -2.16. The Kier molecular flexibility index (Phi) is 4.13. The third kappa shape index (κ3) is 2.91. The van der Waals surface area contributed by atoms with E-state index in [9.17, 15) is 9.50 Å². The maximum absolute atomic E-state index is 12.9. The minimum Gasteiger partial charge on any atom is -0.506 e. The smallest absolute Gasteiger partial charge is 0.138 e. The van der Waals surface area contributed by atoms with Gasteiger partial charge in [-0.25, -0.2) is 4.39 Å². The van der Waals surface area contributed by atoms with Gasteiger partial charge in [0.15, 0.2) is 0 Å². The maximum atomic E-state index is 12.9. The molecule has 0 aromatic heterocycles. The second kappa shape index (κ2) is 5.64. The third-order valence-corrected chi connectivity index (χ3v) is 3.36. The molecule has 2 rings (SSSR count). The summed E-state index contributed by atoms with van der Waals surface area (Å²) >= 11 is 11.9. The average molecular weight is 297 g/mol. The molecule has 2 aromatic rings. The van der Waals surface area contributed by atoms with E-state index in [0.29, 0.717) is 10.6 Å². The fourth-order valence-electron chi connectivity index (χ4n) is 1.94. The summed E-state index contributed by atoms with van der Waals surface area (Å²) in [6.07, 6.45) is 1.65. The molecule has 0 aliphatic heterocycles. The van der Waals surface area contributed by atoms with Crippen LogP contribution in [-0.2, 0) is 0 Å². The number of rotatable bonds is 3. The van der Waals surface area contributed by atoms with Gasteiger partial charge in [0.2, 0.25) is 0 Å². The van der Waals surface area contributed by atoms with Crippen LogP contribution < -0.4 is 0 Å². The predicted octanol–water partition coefficient (Wildman–Crippen LogP) is 5.16. The summed E-state index contributed by atoms with van der Waals surface area (Å²) in [5, 5.41) is 10.6. The van der Waals surface area contributed by atoms with Crippen LogP contribution in [0.2, 0.25) is 10.0 Å². The topological polar surface area (TPSA) is 20.2 Å². The SMILES string of the molecule is C=C[C@@H](c1ccc(F)cc1)c1cc(Cl)cc(Cl)c1O. The van der Waals surface area contributed by atoms with Gasteiger partial charge in [-0.1, -0.05) is 41.4 Å². The average Bonchev–Trinajstić information content (AvgIpc) is 2.38. The van der Waals surface area contributed by atoms with E-state index in [4.69, 9.17) is 23.2 Å². The summed E-state index contributed by atoms with van der Waals surface area (Å²) < 4.78 is 12.9. The molecule has 0 fully saturated rings. The van der Waals surface area contributed by atoms with Crippen molar-refractivity contribution in [2.75, 3.05) is 0 Å². The first kappa shape index (κ1) is 13.9. The highest BCUT2D eigenvalue weighted by atomic mass is 35.5. The van der Waals surface area contributed by atoms with Gasteiger partial charge in [-0.2, -0.15) is 0 Å². The van der Waals surface area contributed by atoms with Crippen molar-refractivity contribution in [3.05, 3.63) is 76.0 Å². The molecule has 1 atom stereocenters. The Bertz CT molecular complexity index is 608. The zero-order valence-electron chi connectivity index (χ0n) is 9.91. The second-order valence-electron chi connectivity index (χ2n) is 4.09. The molecule has 98 valence electrons. The number of benzene rings is 2. The molecule has 0 saturated heterocycles. The molecule has 0 heterocycles. The van der Waals surface area contributed by atoms with E-state index in [1.54, 1.807) is 24.3 Å². The Balaban J connectivity index is 2.54. The van der Waals surface area contributed by atoms with E-state index in [0.717, 1.165) is 5.56 Å². The van der Waals surface area contributed by atoms with Gasteiger partial charge in [-0.05, 0) is 29.8 Å².